The molecule has 3 atom stereocenters. The normalized spacial score (nSPS) is 19.4. The molecule has 2 aliphatic rings. The average molecular weight is 486 g/mol. The molecule has 2 unspecified atom stereocenters. The molecule has 0 bridgehead atoms. The minimum Gasteiger partial charge on any atom is -0.457 e. The Kier molecular flexibility index (Phi) is 7.21. The van der Waals surface area contributed by atoms with Gasteiger partial charge in [0.1, 0.15) is 6.61 Å². The summed E-state index contributed by atoms with van der Waals surface area (Å²) in [6.45, 7) is 2.46. The molecular weight excluding hydrogens is 454 g/mol. The topological polar surface area (TPSA) is 73.9 Å². The third kappa shape index (κ3) is 5.38. The second kappa shape index (κ2) is 10.9. The van der Waals surface area contributed by atoms with Crippen molar-refractivity contribution in [2.75, 3.05) is 6.79 Å². The van der Waals surface area contributed by atoms with E-state index in [9.17, 15) is 9.59 Å². The molecule has 1 N–H and O–H groups in total. The van der Waals surface area contributed by atoms with E-state index in [1.165, 1.54) is 0 Å². The first-order valence-corrected chi connectivity index (χ1v) is 12.6. The lowest BCUT2D eigenvalue weighted by atomic mass is 9.75. The highest BCUT2D eigenvalue weighted by Crippen LogP contribution is 2.39. The average Bonchev–Trinajstić information content (AvgIpc) is 3.40. The van der Waals surface area contributed by atoms with Crippen LogP contribution in [0.1, 0.15) is 71.6 Å². The Balaban J connectivity index is 1.22. The Labute approximate surface area is 211 Å². The largest absolute Gasteiger partial charge is 0.457 e. The van der Waals surface area contributed by atoms with Crippen LogP contribution < -0.4 is 14.8 Å². The molecule has 186 valence electrons. The van der Waals surface area contributed by atoms with Crippen molar-refractivity contribution in [2.45, 2.75) is 51.2 Å². The van der Waals surface area contributed by atoms with Gasteiger partial charge >= 0.3 is 5.97 Å². The van der Waals surface area contributed by atoms with E-state index in [0.717, 1.165) is 48.1 Å². The molecule has 6 heteroatoms. The lowest BCUT2D eigenvalue weighted by molar-refractivity contribution is -0.127. The first-order chi connectivity index (χ1) is 17.6. The summed E-state index contributed by atoms with van der Waals surface area (Å²) in [5, 5.41) is 3.21. The van der Waals surface area contributed by atoms with E-state index in [-0.39, 0.29) is 43.2 Å². The van der Waals surface area contributed by atoms with E-state index in [1.54, 1.807) is 0 Å². The highest BCUT2D eigenvalue weighted by atomic mass is 16.7. The Hall–Kier alpha value is -3.80. The van der Waals surface area contributed by atoms with Crippen LogP contribution in [0.5, 0.6) is 11.5 Å². The van der Waals surface area contributed by atoms with Crippen LogP contribution in [0.2, 0.25) is 0 Å². The maximum absolute atomic E-state index is 13.4. The Morgan fingerprint density at radius 2 is 1.69 bits per heavy atom. The third-order valence-electron chi connectivity index (χ3n) is 7.15. The maximum atomic E-state index is 13.4. The van der Waals surface area contributed by atoms with Crippen LogP contribution >= 0.6 is 0 Å². The van der Waals surface area contributed by atoms with Gasteiger partial charge in [0.05, 0.1) is 11.6 Å². The van der Waals surface area contributed by atoms with Gasteiger partial charge in [0.2, 0.25) is 12.7 Å². The van der Waals surface area contributed by atoms with Crippen molar-refractivity contribution >= 4 is 11.9 Å². The van der Waals surface area contributed by atoms with Crippen molar-refractivity contribution in [1.29, 1.82) is 0 Å². The van der Waals surface area contributed by atoms with E-state index >= 15 is 0 Å². The van der Waals surface area contributed by atoms with E-state index in [0.29, 0.717) is 11.3 Å². The van der Waals surface area contributed by atoms with Crippen LogP contribution in [-0.2, 0) is 16.1 Å². The fourth-order valence-electron chi connectivity index (χ4n) is 5.10. The molecule has 0 aromatic heterocycles. The van der Waals surface area contributed by atoms with Gasteiger partial charge in [-0.15, -0.1) is 0 Å². The summed E-state index contributed by atoms with van der Waals surface area (Å²) in [5.41, 5.74) is 3.54. The van der Waals surface area contributed by atoms with Crippen LogP contribution in [0.4, 0.5) is 0 Å². The van der Waals surface area contributed by atoms with Crippen molar-refractivity contribution in [3.05, 3.63) is 95.1 Å². The number of rotatable bonds is 7. The quantitative estimate of drug-likeness (QED) is 0.420. The summed E-state index contributed by atoms with van der Waals surface area (Å²) < 4.78 is 16.3. The van der Waals surface area contributed by atoms with Gasteiger partial charge in [-0.2, -0.15) is 0 Å². The zero-order valence-electron chi connectivity index (χ0n) is 20.4. The molecule has 0 saturated heterocycles. The molecule has 5 rings (SSSR count). The van der Waals surface area contributed by atoms with Gasteiger partial charge in [0.25, 0.3) is 0 Å². The molecule has 1 aliphatic carbocycles. The fourth-order valence-corrected chi connectivity index (χ4v) is 5.10. The van der Waals surface area contributed by atoms with Crippen LogP contribution in [0.25, 0.3) is 0 Å². The predicted molar refractivity (Wildman–Crippen MR) is 136 cm³/mol. The van der Waals surface area contributed by atoms with Crippen LogP contribution in [0, 0.1) is 5.92 Å². The van der Waals surface area contributed by atoms with Gasteiger partial charge in [-0.3, -0.25) is 4.79 Å². The molecule has 36 heavy (non-hydrogen) atoms. The Morgan fingerprint density at radius 3 is 2.50 bits per heavy atom. The van der Waals surface area contributed by atoms with Gasteiger partial charge in [0.15, 0.2) is 11.5 Å². The molecule has 1 fully saturated rings. The van der Waals surface area contributed by atoms with Crippen molar-refractivity contribution in [1.82, 2.24) is 5.32 Å². The molecule has 0 spiro atoms. The zero-order chi connectivity index (χ0) is 24.9. The predicted octanol–water partition coefficient (Wildman–Crippen LogP) is 5.92. The Morgan fingerprint density at radius 1 is 0.944 bits per heavy atom. The highest BCUT2D eigenvalue weighted by molar-refractivity contribution is 5.89. The molecule has 3 aromatic rings. The van der Waals surface area contributed by atoms with E-state index in [2.05, 4.69) is 5.32 Å². The number of carbonyl (C=O) groups is 2. The number of benzene rings is 3. The SMILES string of the molecule is CC(NC(=O)[C@H]1CCCCC1c1ccc(C(=O)OCc2ccccc2)cc1)c1ccc2c(c1)OCO2. The van der Waals surface area contributed by atoms with Gasteiger partial charge in [-0.25, -0.2) is 4.79 Å². The van der Waals surface area contributed by atoms with Crippen molar-refractivity contribution in [3.8, 4) is 11.5 Å². The first kappa shape index (κ1) is 23.9. The fraction of sp³-hybridized carbons (Fsp3) is 0.333. The Bertz CT molecular complexity index is 1210. The van der Waals surface area contributed by atoms with Crippen LogP contribution in [0.3, 0.4) is 0 Å². The molecule has 3 aromatic carbocycles. The molecule has 1 aliphatic heterocycles. The second-order valence-corrected chi connectivity index (χ2v) is 9.52. The van der Waals surface area contributed by atoms with Crippen molar-refractivity contribution < 1.29 is 23.8 Å². The third-order valence-corrected chi connectivity index (χ3v) is 7.15. The molecule has 1 saturated carbocycles. The number of carbonyl (C=O) groups excluding carboxylic acids is 2. The minimum atomic E-state index is -0.346. The zero-order valence-corrected chi connectivity index (χ0v) is 20.4. The molecule has 0 radical (unpaired) electrons. The van der Waals surface area contributed by atoms with E-state index in [1.807, 2.05) is 79.7 Å². The van der Waals surface area contributed by atoms with Gasteiger partial charge in [0, 0.05) is 5.92 Å². The smallest absolute Gasteiger partial charge is 0.338 e. The molecular formula is C30H31NO5. The summed E-state index contributed by atoms with van der Waals surface area (Å²) >= 11 is 0. The minimum absolute atomic E-state index is 0.0659. The maximum Gasteiger partial charge on any atom is 0.338 e. The molecule has 1 heterocycles. The number of hydrogen-bond donors (Lipinski definition) is 1. The van der Waals surface area contributed by atoms with E-state index in [4.69, 9.17) is 14.2 Å². The lowest BCUT2D eigenvalue weighted by Gasteiger charge is -2.32. The lowest BCUT2D eigenvalue weighted by Crippen LogP contribution is -2.37. The molecule has 6 nitrogen and oxygen atoms in total. The summed E-state index contributed by atoms with van der Waals surface area (Å²) in [4.78, 5) is 25.9. The number of hydrogen-bond acceptors (Lipinski definition) is 5. The monoisotopic (exact) mass is 485 g/mol. The van der Waals surface area contributed by atoms with Crippen LogP contribution in [0.15, 0.2) is 72.8 Å². The summed E-state index contributed by atoms with van der Waals surface area (Å²) in [6.07, 6.45) is 3.93. The van der Waals surface area contributed by atoms with Gasteiger partial charge < -0.3 is 19.5 Å². The summed E-state index contributed by atoms with van der Waals surface area (Å²) in [7, 11) is 0. The number of ether oxygens (including phenoxy) is 3. The van der Waals surface area contributed by atoms with E-state index < -0.39 is 0 Å². The first-order valence-electron chi connectivity index (χ1n) is 12.6. The van der Waals surface area contributed by atoms with Gasteiger partial charge in [-0.05, 0) is 66.6 Å². The highest BCUT2D eigenvalue weighted by Gasteiger charge is 2.33. The molecule has 1 amide bonds. The standard InChI is InChI=1S/C30H31NO5/c1-20(24-15-16-27-28(17-24)36-19-35-27)31-29(32)26-10-6-5-9-25(26)22-11-13-23(14-12-22)30(33)34-18-21-7-3-2-4-8-21/h2-4,7-8,11-17,20,25-26H,5-6,9-10,18-19H2,1H3,(H,31,32)/t20?,25?,26-/m0/s1. The van der Waals surface area contributed by atoms with Crippen LogP contribution in [-0.4, -0.2) is 18.7 Å². The number of fused-ring (bicyclic) bond motifs is 1. The number of nitrogens with one attached hydrogen (secondary N) is 1. The number of esters is 1. The summed E-state index contributed by atoms with van der Waals surface area (Å²) in [5.74, 6) is 1.18. The number of amides is 1. The van der Waals surface area contributed by atoms with Crippen molar-refractivity contribution in [2.24, 2.45) is 5.92 Å². The summed E-state index contributed by atoms with van der Waals surface area (Å²) in [6, 6.07) is 22.8. The van der Waals surface area contributed by atoms with Crippen molar-refractivity contribution in [3.63, 3.8) is 0 Å². The van der Waals surface area contributed by atoms with Gasteiger partial charge in [-0.1, -0.05) is 61.4 Å². The second-order valence-electron chi connectivity index (χ2n) is 9.52.